The molecule has 0 atom stereocenters. The average Bonchev–Trinajstić information content (AvgIpc) is 2.76. The lowest BCUT2D eigenvalue weighted by molar-refractivity contribution is -0.143. The van der Waals surface area contributed by atoms with Crippen LogP contribution in [0.3, 0.4) is 0 Å². The topological polar surface area (TPSA) is 99.1 Å². The molecule has 0 bridgehead atoms. The fraction of sp³-hybridized carbons (Fsp3) is 0.522. The maximum absolute atomic E-state index is 12.3. The standard InChI is InChI=1S/C23H30O7/c1-2-21(24)29-16-6-4-3-5-15-28-19-11-9-18(10-12-19)23(27)30-20-13-7-17(8-14-20)22(25)26/h2,9-12,17,20H,1,3-8,13-16H2,(H,25,26)/t17-,20-. The van der Waals surface area contributed by atoms with E-state index in [0.29, 0.717) is 50.2 Å². The predicted octanol–water partition coefficient (Wildman–Crippen LogP) is 4.16. The van der Waals surface area contributed by atoms with Crippen LogP contribution in [0.4, 0.5) is 0 Å². The third-order valence-electron chi connectivity index (χ3n) is 5.11. The Morgan fingerprint density at radius 1 is 0.967 bits per heavy atom. The van der Waals surface area contributed by atoms with Crippen molar-refractivity contribution < 1.29 is 33.7 Å². The van der Waals surface area contributed by atoms with Crippen LogP contribution in [0.25, 0.3) is 0 Å². The number of esters is 2. The van der Waals surface area contributed by atoms with Crippen molar-refractivity contribution in [3.8, 4) is 5.75 Å². The highest BCUT2D eigenvalue weighted by molar-refractivity contribution is 5.89. The van der Waals surface area contributed by atoms with Crippen molar-refractivity contribution in [1.29, 1.82) is 0 Å². The summed E-state index contributed by atoms with van der Waals surface area (Å²) in [6, 6.07) is 6.84. The molecule has 1 aromatic carbocycles. The third kappa shape index (κ3) is 8.27. The first-order chi connectivity index (χ1) is 14.5. The lowest BCUT2D eigenvalue weighted by Crippen LogP contribution is -2.27. The van der Waals surface area contributed by atoms with Crippen LogP contribution < -0.4 is 4.74 Å². The van der Waals surface area contributed by atoms with Crippen LogP contribution in [0.1, 0.15) is 61.7 Å². The van der Waals surface area contributed by atoms with Gasteiger partial charge in [-0.1, -0.05) is 6.58 Å². The molecule has 0 amide bonds. The second kappa shape index (κ2) is 12.7. The SMILES string of the molecule is C=CC(=O)OCCCCCCOc1ccc(C(=O)O[C@H]2CC[C@H](C(=O)O)CC2)cc1. The van der Waals surface area contributed by atoms with E-state index in [1.807, 2.05) is 0 Å². The second-order valence-corrected chi connectivity index (χ2v) is 7.38. The maximum Gasteiger partial charge on any atom is 0.338 e. The highest BCUT2D eigenvalue weighted by atomic mass is 16.5. The van der Waals surface area contributed by atoms with Gasteiger partial charge in [0.05, 0.1) is 24.7 Å². The van der Waals surface area contributed by atoms with Crippen LogP contribution >= 0.6 is 0 Å². The van der Waals surface area contributed by atoms with Crippen molar-refractivity contribution in [2.75, 3.05) is 13.2 Å². The lowest BCUT2D eigenvalue weighted by atomic mass is 9.87. The highest BCUT2D eigenvalue weighted by Gasteiger charge is 2.28. The molecule has 0 aliphatic heterocycles. The summed E-state index contributed by atoms with van der Waals surface area (Å²) in [4.78, 5) is 34.1. The molecule has 1 fully saturated rings. The summed E-state index contributed by atoms with van der Waals surface area (Å²) < 4.78 is 16.1. The van der Waals surface area contributed by atoms with Crippen LogP contribution in [-0.4, -0.2) is 42.3 Å². The largest absolute Gasteiger partial charge is 0.494 e. The van der Waals surface area contributed by atoms with Gasteiger partial charge >= 0.3 is 17.9 Å². The molecule has 1 N–H and O–H groups in total. The molecule has 1 aliphatic carbocycles. The number of hydrogen-bond acceptors (Lipinski definition) is 6. The zero-order chi connectivity index (χ0) is 21.8. The molecule has 1 aliphatic rings. The number of carbonyl (C=O) groups is 3. The first-order valence-corrected chi connectivity index (χ1v) is 10.5. The first kappa shape index (κ1) is 23.4. The van der Waals surface area contributed by atoms with Crippen molar-refractivity contribution in [1.82, 2.24) is 0 Å². The van der Waals surface area contributed by atoms with E-state index in [4.69, 9.17) is 19.3 Å². The van der Waals surface area contributed by atoms with Crippen LogP contribution in [0.2, 0.25) is 0 Å². The summed E-state index contributed by atoms with van der Waals surface area (Å²) >= 11 is 0. The predicted molar refractivity (Wildman–Crippen MR) is 110 cm³/mol. The van der Waals surface area contributed by atoms with Gasteiger partial charge in [-0.25, -0.2) is 9.59 Å². The monoisotopic (exact) mass is 418 g/mol. The Kier molecular flexibility index (Phi) is 9.91. The molecule has 0 saturated heterocycles. The normalized spacial score (nSPS) is 18.3. The molecule has 0 aromatic heterocycles. The molecule has 2 rings (SSSR count). The Labute approximate surface area is 177 Å². The van der Waals surface area contributed by atoms with E-state index in [0.717, 1.165) is 31.8 Å². The molecule has 1 saturated carbocycles. The fourth-order valence-electron chi connectivity index (χ4n) is 3.31. The third-order valence-corrected chi connectivity index (χ3v) is 5.11. The Balaban J connectivity index is 1.60. The van der Waals surface area contributed by atoms with Crippen molar-refractivity contribution in [3.63, 3.8) is 0 Å². The van der Waals surface area contributed by atoms with E-state index >= 15 is 0 Å². The molecule has 0 unspecified atom stereocenters. The molecule has 1 aromatic rings. The maximum atomic E-state index is 12.3. The van der Waals surface area contributed by atoms with Crippen molar-refractivity contribution in [2.45, 2.75) is 57.5 Å². The van der Waals surface area contributed by atoms with Gasteiger partial charge in [-0.15, -0.1) is 0 Å². The molecule has 7 nitrogen and oxygen atoms in total. The molecule has 30 heavy (non-hydrogen) atoms. The van der Waals surface area contributed by atoms with E-state index in [2.05, 4.69) is 6.58 Å². The van der Waals surface area contributed by atoms with Crippen molar-refractivity contribution >= 4 is 17.9 Å². The number of rotatable bonds is 12. The van der Waals surface area contributed by atoms with E-state index in [1.54, 1.807) is 24.3 Å². The van der Waals surface area contributed by atoms with Crippen molar-refractivity contribution in [2.24, 2.45) is 5.92 Å². The Morgan fingerprint density at radius 2 is 1.60 bits per heavy atom. The molecule has 0 heterocycles. The number of aliphatic carboxylic acids is 1. The zero-order valence-electron chi connectivity index (χ0n) is 17.2. The number of ether oxygens (including phenoxy) is 3. The smallest absolute Gasteiger partial charge is 0.338 e. The van der Waals surface area contributed by atoms with Crippen LogP contribution in [0.5, 0.6) is 5.75 Å². The number of hydrogen-bond donors (Lipinski definition) is 1. The Bertz CT molecular complexity index is 703. The molecule has 0 spiro atoms. The van der Waals surface area contributed by atoms with Gasteiger partial charge in [0.15, 0.2) is 0 Å². The lowest BCUT2D eigenvalue weighted by Gasteiger charge is -2.25. The van der Waals surface area contributed by atoms with Gasteiger partial charge in [0.2, 0.25) is 0 Å². The summed E-state index contributed by atoms with van der Waals surface area (Å²) in [7, 11) is 0. The Morgan fingerprint density at radius 3 is 2.20 bits per heavy atom. The van der Waals surface area contributed by atoms with Gasteiger partial charge in [0, 0.05) is 6.08 Å². The van der Waals surface area contributed by atoms with Gasteiger partial charge in [-0.2, -0.15) is 0 Å². The van der Waals surface area contributed by atoms with Crippen LogP contribution in [0, 0.1) is 5.92 Å². The van der Waals surface area contributed by atoms with Gasteiger partial charge in [0.1, 0.15) is 11.9 Å². The summed E-state index contributed by atoms with van der Waals surface area (Å²) in [5.41, 5.74) is 0.455. The number of carboxylic acid groups (broad SMARTS) is 1. The second-order valence-electron chi connectivity index (χ2n) is 7.38. The number of unbranched alkanes of at least 4 members (excludes halogenated alkanes) is 3. The summed E-state index contributed by atoms with van der Waals surface area (Å²) in [6.45, 7) is 4.32. The van der Waals surface area contributed by atoms with E-state index in [9.17, 15) is 14.4 Å². The van der Waals surface area contributed by atoms with Crippen LogP contribution in [-0.2, 0) is 19.1 Å². The van der Waals surface area contributed by atoms with Gasteiger partial charge < -0.3 is 19.3 Å². The summed E-state index contributed by atoms with van der Waals surface area (Å²) in [5, 5.41) is 9.02. The quantitative estimate of drug-likeness (QED) is 0.309. The molecular weight excluding hydrogens is 388 g/mol. The van der Waals surface area contributed by atoms with Crippen molar-refractivity contribution in [3.05, 3.63) is 42.5 Å². The van der Waals surface area contributed by atoms with Gasteiger partial charge in [-0.3, -0.25) is 4.79 Å². The average molecular weight is 418 g/mol. The number of carboxylic acids is 1. The molecule has 7 heteroatoms. The minimum absolute atomic E-state index is 0.218. The number of benzene rings is 1. The minimum Gasteiger partial charge on any atom is -0.494 e. The first-order valence-electron chi connectivity index (χ1n) is 10.5. The van der Waals surface area contributed by atoms with Gasteiger partial charge in [0.25, 0.3) is 0 Å². The molecule has 0 radical (unpaired) electrons. The van der Waals surface area contributed by atoms with E-state index < -0.39 is 17.9 Å². The number of carbonyl (C=O) groups excluding carboxylic acids is 2. The van der Waals surface area contributed by atoms with E-state index in [-0.39, 0.29) is 12.0 Å². The summed E-state index contributed by atoms with van der Waals surface area (Å²) in [5.74, 6) is -1.20. The molecule has 164 valence electrons. The fourth-order valence-corrected chi connectivity index (χ4v) is 3.31. The highest BCUT2D eigenvalue weighted by Crippen LogP contribution is 2.27. The molecular formula is C23H30O7. The minimum atomic E-state index is -0.774. The van der Waals surface area contributed by atoms with Crippen LogP contribution in [0.15, 0.2) is 36.9 Å². The zero-order valence-corrected chi connectivity index (χ0v) is 17.2. The Hall–Kier alpha value is -2.83. The van der Waals surface area contributed by atoms with Gasteiger partial charge in [-0.05, 0) is 75.6 Å². The van der Waals surface area contributed by atoms with E-state index in [1.165, 1.54) is 0 Å². The summed E-state index contributed by atoms with van der Waals surface area (Å²) in [6.07, 6.45) is 6.82.